The van der Waals surface area contributed by atoms with Gasteiger partial charge in [-0.15, -0.1) is 0 Å². The van der Waals surface area contributed by atoms with Crippen LogP contribution in [-0.2, 0) is 0 Å². The first-order valence-electron chi connectivity index (χ1n) is 7.18. The Balaban J connectivity index is 1.99. The Hall–Kier alpha value is -0.0800. The first kappa shape index (κ1) is 14.0. The maximum atomic E-state index is 3.69. The summed E-state index contributed by atoms with van der Waals surface area (Å²) in [6.07, 6.45) is 6.99. The minimum absolute atomic E-state index is 0.794. The summed E-state index contributed by atoms with van der Waals surface area (Å²) in [5.41, 5.74) is 0. The molecule has 0 amide bonds. The number of nitrogens with zero attached hydrogens (tertiary/aromatic N) is 1. The van der Waals surface area contributed by atoms with E-state index in [4.69, 9.17) is 0 Å². The molecule has 0 aliphatic heterocycles. The summed E-state index contributed by atoms with van der Waals surface area (Å²) in [6, 6.07) is 0.833. The average Bonchev–Trinajstić information content (AvgIpc) is 2.74. The van der Waals surface area contributed by atoms with Crippen molar-refractivity contribution in [1.82, 2.24) is 10.2 Å². The lowest BCUT2D eigenvalue weighted by Crippen LogP contribution is -2.32. The largest absolute Gasteiger partial charge is 0.314 e. The van der Waals surface area contributed by atoms with Crippen molar-refractivity contribution < 1.29 is 0 Å². The van der Waals surface area contributed by atoms with Crippen LogP contribution in [0, 0.1) is 5.92 Å². The normalized spacial score (nSPS) is 17.8. The molecule has 0 aromatic heterocycles. The van der Waals surface area contributed by atoms with Gasteiger partial charge >= 0.3 is 0 Å². The van der Waals surface area contributed by atoms with Crippen LogP contribution in [-0.4, -0.2) is 37.1 Å². The fourth-order valence-electron chi connectivity index (χ4n) is 2.63. The molecule has 0 aromatic rings. The van der Waals surface area contributed by atoms with Gasteiger partial charge in [0.2, 0.25) is 0 Å². The third-order valence-corrected chi connectivity index (χ3v) is 3.51. The van der Waals surface area contributed by atoms with E-state index in [1.807, 2.05) is 0 Å². The van der Waals surface area contributed by atoms with Crippen molar-refractivity contribution in [2.75, 3.05) is 26.2 Å². The molecule has 0 aromatic carbocycles. The van der Waals surface area contributed by atoms with Gasteiger partial charge in [0, 0.05) is 12.6 Å². The molecule has 0 bridgehead atoms. The highest BCUT2D eigenvalue weighted by Crippen LogP contribution is 2.17. The van der Waals surface area contributed by atoms with Gasteiger partial charge in [-0.1, -0.05) is 33.6 Å². The molecular formula is C14H30N2. The minimum Gasteiger partial charge on any atom is -0.314 e. The Morgan fingerprint density at radius 3 is 2.50 bits per heavy atom. The predicted molar refractivity (Wildman–Crippen MR) is 71.8 cm³/mol. The van der Waals surface area contributed by atoms with Gasteiger partial charge in [-0.3, -0.25) is 0 Å². The Kier molecular flexibility index (Phi) is 7.06. The van der Waals surface area contributed by atoms with Crippen molar-refractivity contribution in [1.29, 1.82) is 0 Å². The summed E-state index contributed by atoms with van der Waals surface area (Å²) in [7, 11) is 0. The molecule has 0 unspecified atom stereocenters. The zero-order valence-corrected chi connectivity index (χ0v) is 11.5. The zero-order chi connectivity index (χ0) is 11.8. The lowest BCUT2D eigenvalue weighted by Gasteiger charge is -2.22. The van der Waals surface area contributed by atoms with Crippen LogP contribution < -0.4 is 5.32 Å². The molecule has 0 atom stereocenters. The Labute approximate surface area is 102 Å². The smallest absolute Gasteiger partial charge is 0.00670 e. The summed E-state index contributed by atoms with van der Waals surface area (Å²) in [5, 5.41) is 3.69. The van der Waals surface area contributed by atoms with Crippen LogP contribution in [0.5, 0.6) is 0 Å². The highest BCUT2D eigenvalue weighted by molar-refractivity contribution is 4.73. The molecule has 16 heavy (non-hydrogen) atoms. The van der Waals surface area contributed by atoms with Crippen LogP contribution in [0.2, 0.25) is 0 Å². The molecular weight excluding hydrogens is 196 g/mol. The van der Waals surface area contributed by atoms with Gasteiger partial charge in [-0.2, -0.15) is 0 Å². The third-order valence-electron chi connectivity index (χ3n) is 3.51. The zero-order valence-electron chi connectivity index (χ0n) is 11.5. The fourth-order valence-corrected chi connectivity index (χ4v) is 2.63. The molecule has 96 valence electrons. The fraction of sp³-hybridized carbons (Fsp3) is 1.00. The van der Waals surface area contributed by atoms with E-state index in [0.717, 1.165) is 12.0 Å². The minimum atomic E-state index is 0.794. The summed E-state index contributed by atoms with van der Waals surface area (Å²) in [4.78, 5) is 2.57. The van der Waals surface area contributed by atoms with Crippen LogP contribution in [0.1, 0.15) is 52.9 Å². The first-order chi connectivity index (χ1) is 7.72. The second-order valence-corrected chi connectivity index (χ2v) is 5.58. The quantitative estimate of drug-likeness (QED) is 0.640. The molecule has 2 nitrogen and oxygen atoms in total. The Morgan fingerprint density at radius 1 is 1.25 bits per heavy atom. The van der Waals surface area contributed by atoms with E-state index in [-0.39, 0.29) is 0 Å². The van der Waals surface area contributed by atoms with E-state index in [1.54, 1.807) is 0 Å². The molecule has 0 saturated heterocycles. The molecule has 1 saturated carbocycles. The maximum absolute atomic E-state index is 3.69. The molecule has 0 spiro atoms. The van der Waals surface area contributed by atoms with Gasteiger partial charge in [-0.25, -0.2) is 0 Å². The van der Waals surface area contributed by atoms with E-state index in [1.165, 1.54) is 58.3 Å². The Bertz CT molecular complexity index is 162. The monoisotopic (exact) mass is 226 g/mol. The highest BCUT2D eigenvalue weighted by atomic mass is 15.1. The van der Waals surface area contributed by atoms with Crippen molar-refractivity contribution in [2.24, 2.45) is 5.92 Å². The van der Waals surface area contributed by atoms with Gasteiger partial charge in [0.05, 0.1) is 0 Å². The predicted octanol–water partition coefficient (Wildman–Crippen LogP) is 2.89. The molecule has 1 rings (SSSR count). The third kappa shape index (κ3) is 5.86. The molecule has 2 heteroatoms. The van der Waals surface area contributed by atoms with Crippen molar-refractivity contribution in [2.45, 2.75) is 58.9 Å². The van der Waals surface area contributed by atoms with Gasteiger partial charge in [0.1, 0.15) is 0 Å². The van der Waals surface area contributed by atoms with E-state index in [9.17, 15) is 0 Å². The maximum Gasteiger partial charge on any atom is 0.00670 e. The lowest BCUT2D eigenvalue weighted by atomic mass is 10.2. The number of hydrogen-bond acceptors (Lipinski definition) is 2. The summed E-state index contributed by atoms with van der Waals surface area (Å²) < 4.78 is 0. The van der Waals surface area contributed by atoms with E-state index < -0.39 is 0 Å². The van der Waals surface area contributed by atoms with Gasteiger partial charge in [0.25, 0.3) is 0 Å². The van der Waals surface area contributed by atoms with Crippen molar-refractivity contribution >= 4 is 0 Å². The summed E-state index contributed by atoms with van der Waals surface area (Å²) >= 11 is 0. The average molecular weight is 226 g/mol. The first-order valence-corrected chi connectivity index (χ1v) is 7.18. The van der Waals surface area contributed by atoms with Gasteiger partial charge in [0.15, 0.2) is 0 Å². The van der Waals surface area contributed by atoms with Crippen LogP contribution in [0.4, 0.5) is 0 Å². The summed E-state index contributed by atoms with van der Waals surface area (Å²) in [5.74, 6) is 0.794. The van der Waals surface area contributed by atoms with Crippen LogP contribution in [0.15, 0.2) is 0 Å². The molecule has 1 aliphatic rings. The van der Waals surface area contributed by atoms with E-state index >= 15 is 0 Å². The van der Waals surface area contributed by atoms with E-state index in [0.29, 0.717) is 0 Å². The highest BCUT2D eigenvalue weighted by Gasteiger charge is 2.13. The number of hydrogen-bond donors (Lipinski definition) is 1. The second kappa shape index (κ2) is 8.08. The number of rotatable bonds is 8. The van der Waals surface area contributed by atoms with Crippen molar-refractivity contribution in [3.8, 4) is 0 Å². The topological polar surface area (TPSA) is 15.3 Å². The molecule has 0 heterocycles. The van der Waals surface area contributed by atoms with Gasteiger partial charge in [-0.05, 0) is 44.8 Å². The SMILES string of the molecule is CCN(CCCNC1CCCC1)CC(C)C. The second-order valence-electron chi connectivity index (χ2n) is 5.58. The Morgan fingerprint density at radius 2 is 1.94 bits per heavy atom. The molecule has 1 fully saturated rings. The lowest BCUT2D eigenvalue weighted by molar-refractivity contribution is 0.251. The standard InChI is InChI=1S/C14H30N2/c1-4-16(12-13(2)3)11-7-10-15-14-8-5-6-9-14/h13-15H,4-12H2,1-3H3. The van der Waals surface area contributed by atoms with Crippen LogP contribution in [0.3, 0.4) is 0 Å². The van der Waals surface area contributed by atoms with Crippen molar-refractivity contribution in [3.05, 3.63) is 0 Å². The molecule has 0 radical (unpaired) electrons. The summed E-state index contributed by atoms with van der Waals surface area (Å²) in [6.45, 7) is 11.8. The van der Waals surface area contributed by atoms with Crippen LogP contribution in [0.25, 0.3) is 0 Å². The van der Waals surface area contributed by atoms with E-state index in [2.05, 4.69) is 31.0 Å². The number of nitrogens with one attached hydrogen (secondary N) is 1. The molecule has 1 aliphatic carbocycles. The van der Waals surface area contributed by atoms with Gasteiger partial charge < -0.3 is 10.2 Å². The molecule has 1 N–H and O–H groups in total. The van der Waals surface area contributed by atoms with Crippen molar-refractivity contribution in [3.63, 3.8) is 0 Å². The van der Waals surface area contributed by atoms with Crippen LogP contribution >= 0.6 is 0 Å².